The van der Waals surface area contributed by atoms with Gasteiger partial charge in [0, 0.05) is 25.1 Å². The molecule has 0 fully saturated rings. The fraction of sp³-hybridized carbons (Fsp3) is 0.143. The largest absolute Gasteiger partial charge is 0.387 e. The van der Waals surface area contributed by atoms with Gasteiger partial charge in [0.15, 0.2) is 0 Å². The van der Waals surface area contributed by atoms with Crippen molar-refractivity contribution in [1.82, 2.24) is 4.98 Å². The normalized spacial score (nSPS) is 9.18. The molecule has 1 heterocycles. The standard InChI is InChI=1S/C7H10N4/c1-10-6-2-3-11-7(9)5(6)4-8/h2-4,8H,1H3,(H3,9,10,11). The van der Waals surface area contributed by atoms with E-state index in [0.717, 1.165) is 5.69 Å². The van der Waals surface area contributed by atoms with Crippen molar-refractivity contribution in [3.05, 3.63) is 17.8 Å². The fourth-order valence-electron chi connectivity index (χ4n) is 0.859. The summed E-state index contributed by atoms with van der Waals surface area (Å²) in [6.07, 6.45) is 2.79. The molecule has 4 heteroatoms. The van der Waals surface area contributed by atoms with Gasteiger partial charge in [0.2, 0.25) is 0 Å². The molecular formula is C7H10N4. The van der Waals surface area contributed by atoms with Crippen LogP contribution in [0.15, 0.2) is 12.3 Å². The van der Waals surface area contributed by atoms with Crippen LogP contribution < -0.4 is 11.1 Å². The number of nitrogen functional groups attached to an aromatic ring is 1. The van der Waals surface area contributed by atoms with E-state index in [1.54, 1.807) is 19.3 Å². The Morgan fingerprint density at radius 1 is 1.73 bits per heavy atom. The average molecular weight is 150 g/mol. The highest BCUT2D eigenvalue weighted by atomic mass is 14.9. The van der Waals surface area contributed by atoms with Crippen LogP contribution in [0, 0.1) is 5.41 Å². The van der Waals surface area contributed by atoms with Crippen LogP contribution >= 0.6 is 0 Å². The minimum absolute atomic E-state index is 0.381. The molecule has 0 bridgehead atoms. The van der Waals surface area contributed by atoms with Crippen molar-refractivity contribution in [3.8, 4) is 0 Å². The molecule has 0 unspecified atom stereocenters. The van der Waals surface area contributed by atoms with Gasteiger partial charge in [-0.25, -0.2) is 4.98 Å². The third-order valence-electron chi connectivity index (χ3n) is 1.43. The van der Waals surface area contributed by atoms with Gasteiger partial charge in [-0.3, -0.25) is 0 Å². The van der Waals surface area contributed by atoms with Gasteiger partial charge in [-0.1, -0.05) is 0 Å². The molecule has 4 N–H and O–H groups in total. The van der Waals surface area contributed by atoms with Crippen molar-refractivity contribution in [2.45, 2.75) is 0 Å². The Hall–Kier alpha value is -1.58. The summed E-state index contributed by atoms with van der Waals surface area (Å²) in [6.45, 7) is 0. The molecule has 11 heavy (non-hydrogen) atoms. The lowest BCUT2D eigenvalue weighted by Crippen LogP contribution is -2.01. The number of rotatable bonds is 2. The van der Waals surface area contributed by atoms with Crippen LogP contribution in [0.2, 0.25) is 0 Å². The minimum atomic E-state index is 0.381. The van der Waals surface area contributed by atoms with Crippen LogP contribution in [-0.2, 0) is 0 Å². The molecule has 4 nitrogen and oxygen atoms in total. The SMILES string of the molecule is CNc1ccnc(N)c1C=N. The highest BCUT2D eigenvalue weighted by Gasteiger charge is 2.01. The Morgan fingerprint density at radius 3 is 2.91 bits per heavy atom. The third-order valence-corrected chi connectivity index (χ3v) is 1.43. The first-order chi connectivity index (χ1) is 5.29. The van der Waals surface area contributed by atoms with Gasteiger partial charge in [-0.15, -0.1) is 0 Å². The minimum Gasteiger partial charge on any atom is -0.387 e. The van der Waals surface area contributed by atoms with E-state index in [1.807, 2.05) is 0 Å². The van der Waals surface area contributed by atoms with E-state index in [2.05, 4.69) is 10.3 Å². The van der Waals surface area contributed by atoms with Crippen LogP contribution in [0.5, 0.6) is 0 Å². The number of hydrogen-bond donors (Lipinski definition) is 3. The lowest BCUT2D eigenvalue weighted by Gasteiger charge is -2.04. The van der Waals surface area contributed by atoms with Gasteiger partial charge in [0.05, 0.1) is 5.56 Å². The Morgan fingerprint density at radius 2 is 2.45 bits per heavy atom. The third kappa shape index (κ3) is 1.29. The summed E-state index contributed by atoms with van der Waals surface area (Å²) in [4.78, 5) is 3.85. The molecule has 0 saturated carbocycles. The summed E-state index contributed by atoms with van der Waals surface area (Å²) in [6, 6.07) is 1.77. The van der Waals surface area contributed by atoms with Crippen molar-refractivity contribution in [2.75, 3.05) is 18.1 Å². The van der Waals surface area contributed by atoms with Crippen molar-refractivity contribution in [2.24, 2.45) is 0 Å². The molecule has 0 spiro atoms. The number of aromatic nitrogens is 1. The molecule has 0 aliphatic rings. The average Bonchev–Trinajstić information content (AvgIpc) is 2.04. The molecular weight excluding hydrogens is 140 g/mol. The molecule has 0 saturated heterocycles. The molecule has 0 radical (unpaired) electrons. The lowest BCUT2D eigenvalue weighted by molar-refractivity contribution is 1.31. The Kier molecular flexibility index (Phi) is 2.06. The maximum atomic E-state index is 7.04. The van der Waals surface area contributed by atoms with Crippen LogP contribution in [0.1, 0.15) is 5.56 Å². The van der Waals surface area contributed by atoms with E-state index in [1.165, 1.54) is 6.21 Å². The summed E-state index contributed by atoms with van der Waals surface area (Å²) < 4.78 is 0. The number of anilines is 2. The van der Waals surface area contributed by atoms with Gasteiger partial charge in [-0.2, -0.15) is 0 Å². The quantitative estimate of drug-likeness (QED) is 0.543. The summed E-state index contributed by atoms with van der Waals surface area (Å²) in [5.41, 5.74) is 6.97. The highest BCUT2D eigenvalue weighted by molar-refractivity contribution is 5.91. The molecule has 1 aromatic rings. The zero-order chi connectivity index (χ0) is 8.27. The zero-order valence-corrected chi connectivity index (χ0v) is 6.26. The van der Waals surface area contributed by atoms with Crippen LogP contribution in [0.4, 0.5) is 11.5 Å². The topological polar surface area (TPSA) is 74.8 Å². The maximum absolute atomic E-state index is 7.04. The zero-order valence-electron chi connectivity index (χ0n) is 6.26. The molecule has 0 atom stereocenters. The second-order valence-electron chi connectivity index (χ2n) is 2.05. The molecule has 1 aromatic heterocycles. The molecule has 0 aliphatic heterocycles. The second kappa shape index (κ2) is 3.01. The smallest absolute Gasteiger partial charge is 0.134 e. The van der Waals surface area contributed by atoms with Crippen molar-refractivity contribution in [3.63, 3.8) is 0 Å². The predicted molar refractivity (Wildman–Crippen MR) is 46.1 cm³/mol. The van der Waals surface area contributed by atoms with Crippen molar-refractivity contribution in [1.29, 1.82) is 5.41 Å². The van der Waals surface area contributed by atoms with Crippen LogP contribution in [0.25, 0.3) is 0 Å². The Labute approximate surface area is 65.0 Å². The number of nitrogens with zero attached hydrogens (tertiary/aromatic N) is 1. The monoisotopic (exact) mass is 150 g/mol. The van der Waals surface area contributed by atoms with Gasteiger partial charge < -0.3 is 16.5 Å². The second-order valence-corrected chi connectivity index (χ2v) is 2.05. The Balaban J connectivity index is 3.24. The first-order valence-corrected chi connectivity index (χ1v) is 3.22. The van der Waals surface area contributed by atoms with E-state index in [4.69, 9.17) is 11.1 Å². The number of nitrogens with two attached hydrogens (primary N) is 1. The molecule has 0 amide bonds. The summed E-state index contributed by atoms with van der Waals surface area (Å²) in [5, 5.41) is 9.96. The van der Waals surface area contributed by atoms with Gasteiger partial charge in [-0.05, 0) is 6.07 Å². The van der Waals surface area contributed by atoms with Gasteiger partial charge >= 0.3 is 0 Å². The van der Waals surface area contributed by atoms with Crippen molar-refractivity contribution >= 4 is 17.7 Å². The first kappa shape index (κ1) is 7.53. The molecule has 1 rings (SSSR count). The van der Waals surface area contributed by atoms with E-state index < -0.39 is 0 Å². The molecule has 0 aliphatic carbocycles. The molecule has 0 aromatic carbocycles. The summed E-state index contributed by atoms with van der Waals surface area (Å²) in [5.74, 6) is 0.381. The molecule has 58 valence electrons. The Bertz CT molecular complexity index is 269. The van der Waals surface area contributed by atoms with Gasteiger partial charge in [0.1, 0.15) is 5.82 Å². The first-order valence-electron chi connectivity index (χ1n) is 3.22. The lowest BCUT2D eigenvalue weighted by atomic mass is 10.2. The number of pyridine rings is 1. The van der Waals surface area contributed by atoms with Gasteiger partial charge in [0.25, 0.3) is 0 Å². The van der Waals surface area contributed by atoms with E-state index in [9.17, 15) is 0 Å². The summed E-state index contributed by atoms with van der Waals surface area (Å²) in [7, 11) is 1.78. The van der Waals surface area contributed by atoms with Crippen molar-refractivity contribution < 1.29 is 0 Å². The van der Waals surface area contributed by atoms with E-state index in [0.29, 0.717) is 11.4 Å². The summed E-state index contributed by atoms with van der Waals surface area (Å²) >= 11 is 0. The maximum Gasteiger partial charge on any atom is 0.134 e. The fourth-order valence-corrected chi connectivity index (χ4v) is 0.859. The number of nitrogens with one attached hydrogen (secondary N) is 2. The van der Waals surface area contributed by atoms with Crippen LogP contribution in [0.3, 0.4) is 0 Å². The highest BCUT2D eigenvalue weighted by Crippen LogP contribution is 2.15. The van der Waals surface area contributed by atoms with E-state index >= 15 is 0 Å². The van der Waals surface area contributed by atoms with E-state index in [-0.39, 0.29) is 0 Å². The predicted octanol–water partition coefficient (Wildman–Crippen LogP) is 0.703. The van der Waals surface area contributed by atoms with Crippen LogP contribution in [-0.4, -0.2) is 18.2 Å². The number of hydrogen-bond acceptors (Lipinski definition) is 4.